The monoisotopic (exact) mass is 383 g/mol. The summed E-state index contributed by atoms with van der Waals surface area (Å²) in [6, 6.07) is 11.5. The van der Waals surface area contributed by atoms with Gasteiger partial charge in [0, 0.05) is 16.6 Å². The number of benzene rings is 2. The molecule has 0 aliphatic rings. The Kier molecular flexibility index (Phi) is 5.92. The lowest BCUT2D eigenvalue weighted by atomic mass is 9.86. The Hall–Kier alpha value is -1.43. The minimum atomic E-state index is -3.74. The van der Waals surface area contributed by atoms with Crippen LogP contribution in [-0.4, -0.2) is 8.42 Å². The van der Waals surface area contributed by atoms with Crippen LogP contribution in [0.3, 0.4) is 0 Å². The summed E-state index contributed by atoms with van der Waals surface area (Å²) in [4.78, 5) is 0. The van der Waals surface area contributed by atoms with E-state index in [0.717, 1.165) is 5.56 Å². The molecule has 25 heavy (non-hydrogen) atoms. The van der Waals surface area contributed by atoms with Crippen molar-refractivity contribution in [2.45, 2.75) is 44.9 Å². The number of hydrogen-bond acceptors (Lipinski definition) is 2. The average Bonchev–Trinajstić information content (AvgIpc) is 2.50. The highest BCUT2D eigenvalue weighted by atomic mass is 35.5. The van der Waals surface area contributed by atoms with Crippen LogP contribution in [0, 0.1) is 5.82 Å². The average molecular weight is 384 g/mol. The van der Waals surface area contributed by atoms with E-state index in [2.05, 4.69) is 25.5 Å². The summed E-state index contributed by atoms with van der Waals surface area (Å²) in [7, 11) is -3.74. The first-order valence-electron chi connectivity index (χ1n) is 8.03. The zero-order valence-electron chi connectivity index (χ0n) is 14.8. The zero-order chi connectivity index (χ0) is 18.8. The molecule has 0 radical (unpaired) electrons. The van der Waals surface area contributed by atoms with E-state index in [4.69, 9.17) is 11.6 Å². The van der Waals surface area contributed by atoms with Gasteiger partial charge in [0.05, 0.1) is 5.75 Å². The third-order valence-corrected chi connectivity index (χ3v) is 5.76. The molecule has 1 unspecified atom stereocenters. The van der Waals surface area contributed by atoms with E-state index in [-0.39, 0.29) is 16.0 Å². The van der Waals surface area contributed by atoms with Crippen LogP contribution < -0.4 is 4.72 Å². The number of hydrogen-bond donors (Lipinski definition) is 1. The van der Waals surface area contributed by atoms with Gasteiger partial charge in [0.25, 0.3) is 0 Å². The van der Waals surface area contributed by atoms with Gasteiger partial charge >= 0.3 is 0 Å². The van der Waals surface area contributed by atoms with Crippen molar-refractivity contribution in [1.29, 1.82) is 0 Å². The summed E-state index contributed by atoms with van der Waals surface area (Å²) in [6.45, 7) is 8.11. The molecular formula is C19H23ClFNO2S. The van der Waals surface area contributed by atoms with Gasteiger partial charge < -0.3 is 0 Å². The molecule has 0 aliphatic heterocycles. The van der Waals surface area contributed by atoms with E-state index in [1.807, 2.05) is 24.3 Å². The molecule has 0 saturated carbocycles. The Labute approximate surface area is 154 Å². The number of nitrogens with one attached hydrogen (secondary N) is 1. The van der Waals surface area contributed by atoms with Crippen LogP contribution in [0.25, 0.3) is 0 Å². The van der Waals surface area contributed by atoms with E-state index in [1.165, 1.54) is 23.8 Å². The minimum Gasteiger partial charge on any atom is -0.212 e. The van der Waals surface area contributed by atoms with Crippen LogP contribution in [0.15, 0.2) is 42.5 Å². The maximum absolute atomic E-state index is 13.8. The molecule has 2 rings (SSSR count). The summed E-state index contributed by atoms with van der Waals surface area (Å²) >= 11 is 5.92. The van der Waals surface area contributed by atoms with Crippen molar-refractivity contribution in [3.05, 3.63) is 70.0 Å². The Bertz CT molecular complexity index is 822. The zero-order valence-corrected chi connectivity index (χ0v) is 16.4. The van der Waals surface area contributed by atoms with Crippen molar-refractivity contribution in [3.8, 4) is 0 Å². The van der Waals surface area contributed by atoms with Crippen LogP contribution >= 0.6 is 11.6 Å². The molecular weight excluding hydrogens is 361 g/mol. The van der Waals surface area contributed by atoms with Crippen LogP contribution in [-0.2, 0) is 21.2 Å². The summed E-state index contributed by atoms with van der Waals surface area (Å²) in [6.07, 6.45) is 0. The predicted octanol–water partition coefficient (Wildman–Crippen LogP) is 4.96. The van der Waals surface area contributed by atoms with Gasteiger partial charge in [0.15, 0.2) is 0 Å². The molecule has 1 atom stereocenters. The molecule has 3 nitrogen and oxygen atoms in total. The smallest absolute Gasteiger partial charge is 0.212 e. The number of halogens is 2. The van der Waals surface area contributed by atoms with Gasteiger partial charge in [-0.05, 0) is 35.6 Å². The predicted molar refractivity (Wildman–Crippen MR) is 101 cm³/mol. The van der Waals surface area contributed by atoms with Gasteiger partial charge in [-0.15, -0.1) is 0 Å². The fraction of sp³-hybridized carbons (Fsp3) is 0.368. The van der Waals surface area contributed by atoms with E-state index in [9.17, 15) is 12.8 Å². The van der Waals surface area contributed by atoms with Gasteiger partial charge in [0.2, 0.25) is 10.0 Å². The third kappa shape index (κ3) is 5.27. The van der Waals surface area contributed by atoms with Crippen molar-refractivity contribution in [2.75, 3.05) is 0 Å². The molecule has 6 heteroatoms. The Balaban J connectivity index is 2.15. The van der Waals surface area contributed by atoms with Gasteiger partial charge in [-0.2, -0.15) is 0 Å². The summed E-state index contributed by atoms with van der Waals surface area (Å²) in [5.74, 6) is -1.12. The molecule has 2 aromatic carbocycles. The van der Waals surface area contributed by atoms with Crippen molar-refractivity contribution in [3.63, 3.8) is 0 Å². The van der Waals surface area contributed by atoms with Crippen LogP contribution in [0.5, 0.6) is 0 Å². The van der Waals surface area contributed by atoms with Crippen molar-refractivity contribution in [1.82, 2.24) is 4.72 Å². The minimum absolute atomic E-state index is 0.0213. The molecule has 0 aromatic heterocycles. The maximum atomic E-state index is 13.8. The lowest BCUT2D eigenvalue weighted by Gasteiger charge is -2.21. The molecule has 0 aliphatic carbocycles. The van der Waals surface area contributed by atoms with E-state index in [0.29, 0.717) is 0 Å². The topological polar surface area (TPSA) is 46.2 Å². The second kappa shape index (κ2) is 7.44. The SMILES string of the molecule is CC(NS(=O)(=O)Cc1c(F)cccc1Cl)c1ccc(C(C)(C)C)cc1. The van der Waals surface area contributed by atoms with E-state index in [1.54, 1.807) is 6.92 Å². The Morgan fingerprint density at radius 2 is 1.72 bits per heavy atom. The van der Waals surface area contributed by atoms with Crippen molar-refractivity contribution >= 4 is 21.6 Å². The van der Waals surface area contributed by atoms with Crippen molar-refractivity contribution in [2.24, 2.45) is 0 Å². The first-order valence-corrected chi connectivity index (χ1v) is 10.1. The molecule has 136 valence electrons. The molecule has 0 saturated heterocycles. The standard InChI is InChI=1S/C19H23ClFNO2S/c1-13(14-8-10-15(11-9-14)19(2,3)4)22-25(23,24)12-16-17(20)6-5-7-18(16)21/h5-11,13,22H,12H2,1-4H3. The first-order chi connectivity index (χ1) is 11.5. The molecule has 0 spiro atoms. The van der Waals surface area contributed by atoms with Crippen molar-refractivity contribution < 1.29 is 12.8 Å². The summed E-state index contributed by atoms with van der Waals surface area (Å²) in [5.41, 5.74) is 2.02. The highest BCUT2D eigenvalue weighted by molar-refractivity contribution is 7.88. The Morgan fingerprint density at radius 3 is 2.24 bits per heavy atom. The van der Waals surface area contributed by atoms with E-state index < -0.39 is 27.6 Å². The third-order valence-electron chi connectivity index (χ3n) is 4.03. The fourth-order valence-electron chi connectivity index (χ4n) is 2.51. The van der Waals surface area contributed by atoms with Gasteiger partial charge in [-0.1, -0.05) is 62.7 Å². The molecule has 0 amide bonds. The molecule has 0 fully saturated rings. The van der Waals surface area contributed by atoms with Gasteiger partial charge in [-0.3, -0.25) is 0 Å². The largest absolute Gasteiger partial charge is 0.216 e. The molecule has 1 N–H and O–H groups in total. The molecule has 0 bridgehead atoms. The fourth-order valence-corrected chi connectivity index (χ4v) is 4.25. The van der Waals surface area contributed by atoms with Crippen LogP contribution in [0.2, 0.25) is 5.02 Å². The lowest BCUT2D eigenvalue weighted by molar-refractivity contribution is 0.560. The number of sulfonamides is 1. The first kappa shape index (κ1) is 19.9. The highest BCUT2D eigenvalue weighted by Gasteiger charge is 2.21. The van der Waals surface area contributed by atoms with Gasteiger partial charge in [-0.25, -0.2) is 17.5 Å². The van der Waals surface area contributed by atoms with Gasteiger partial charge in [0.1, 0.15) is 5.82 Å². The lowest BCUT2D eigenvalue weighted by Crippen LogP contribution is -2.28. The summed E-state index contributed by atoms with van der Waals surface area (Å²) in [5, 5.41) is 0.104. The van der Waals surface area contributed by atoms with Crippen LogP contribution in [0.1, 0.15) is 50.4 Å². The highest BCUT2D eigenvalue weighted by Crippen LogP contribution is 2.25. The second-order valence-corrected chi connectivity index (χ2v) is 9.33. The molecule has 2 aromatic rings. The normalized spacial score (nSPS) is 13.7. The summed E-state index contributed by atoms with van der Waals surface area (Å²) < 4.78 is 41.2. The quantitative estimate of drug-likeness (QED) is 0.793. The maximum Gasteiger partial charge on any atom is 0.216 e. The number of rotatable bonds is 5. The second-order valence-electron chi connectivity index (χ2n) is 7.17. The van der Waals surface area contributed by atoms with E-state index >= 15 is 0 Å². The molecule has 0 heterocycles. The Morgan fingerprint density at radius 1 is 1.12 bits per heavy atom. The van der Waals surface area contributed by atoms with Crippen LogP contribution in [0.4, 0.5) is 4.39 Å².